The molecular formula is C20H19N3O5. The molecular weight excluding hydrogens is 362 g/mol. The molecule has 0 saturated carbocycles. The highest BCUT2D eigenvalue weighted by Crippen LogP contribution is 2.23. The van der Waals surface area contributed by atoms with E-state index in [-0.39, 0.29) is 30.2 Å². The lowest BCUT2D eigenvalue weighted by Crippen LogP contribution is -2.09. The molecule has 28 heavy (non-hydrogen) atoms. The van der Waals surface area contributed by atoms with E-state index in [2.05, 4.69) is 16.8 Å². The average Bonchev–Trinajstić information content (AvgIpc) is 3.14. The zero-order valence-electron chi connectivity index (χ0n) is 15.1. The first-order valence-electron chi connectivity index (χ1n) is 8.70. The van der Waals surface area contributed by atoms with Crippen molar-refractivity contribution in [2.75, 3.05) is 13.2 Å². The maximum absolute atomic E-state index is 12.2. The molecule has 1 heterocycles. The molecule has 0 aliphatic heterocycles. The van der Waals surface area contributed by atoms with E-state index in [0.29, 0.717) is 23.9 Å². The van der Waals surface area contributed by atoms with Crippen LogP contribution in [0.4, 0.5) is 0 Å². The van der Waals surface area contributed by atoms with Gasteiger partial charge in [-0.25, -0.2) is 9.59 Å². The van der Waals surface area contributed by atoms with Gasteiger partial charge >= 0.3 is 11.9 Å². The van der Waals surface area contributed by atoms with Gasteiger partial charge in [0.25, 0.3) is 0 Å². The first kappa shape index (κ1) is 19.1. The van der Waals surface area contributed by atoms with Crippen molar-refractivity contribution in [1.29, 1.82) is 0 Å². The Morgan fingerprint density at radius 3 is 2.32 bits per heavy atom. The SMILES string of the molecule is C=CC(=O)OCCCCOC(=O)c1ccc(O)c(-n2nc3ccccc3n2)c1. The van der Waals surface area contributed by atoms with Crippen LogP contribution in [0.25, 0.3) is 16.7 Å². The average molecular weight is 381 g/mol. The van der Waals surface area contributed by atoms with Crippen molar-refractivity contribution in [3.8, 4) is 11.4 Å². The molecule has 0 atom stereocenters. The monoisotopic (exact) mass is 381 g/mol. The quantitative estimate of drug-likeness (QED) is 0.363. The number of fused-ring (bicyclic) bond motifs is 1. The normalized spacial score (nSPS) is 10.6. The molecule has 0 bridgehead atoms. The Bertz CT molecular complexity index is 979. The number of benzene rings is 2. The number of phenolic OH excluding ortho intramolecular Hbond substituents is 1. The molecule has 1 N–H and O–H groups in total. The van der Waals surface area contributed by atoms with Crippen LogP contribution in [0.3, 0.4) is 0 Å². The van der Waals surface area contributed by atoms with E-state index in [1.165, 1.54) is 23.0 Å². The molecule has 0 unspecified atom stereocenters. The molecule has 1 aromatic heterocycles. The van der Waals surface area contributed by atoms with Crippen LogP contribution < -0.4 is 0 Å². The van der Waals surface area contributed by atoms with Gasteiger partial charge in [0.1, 0.15) is 22.5 Å². The van der Waals surface area contributed by atoms with Crippen LogP contribution in [0.2, 0.25) is 0 Å². The highest BCUT2D eigenvalue weighted by Gasteiger charge is 2.14. The maximum Gasteiger partial charge on any atom is 0.338 e. The summed E-state index contributed by atoms with van der Waals surface area (Å²) in [5.41, 5.74) is 1.90. The van der Waals surface area contributed by atoms with Gasteiger partial charge in [-0.2, -0.15) is 0 Å². The van der Waals surface area contributed by atoms with Gasteiger partial charge in [0, 0.05) is 6.08 Å². The minimum absolute atomic E-state index is 0.0547. The summed E-state index contributed by atoms with van der Waals surface area (Å²) < 4.78 is 10.1. The number of rotatable bonds is 8. The van der Waals surface area contributed by atoms with Crippen LogP contribution in [0, 0.1) is 0 Å². The van der Waals surface area contributed by atoms with Crippen molar-refractivity contribution in [1.82, 2.24) is 15.0 Å². The second-order valence-corrected chi connectivity index (χ2v) is 5.90. The molecule has 0 saturated heterocycles. The number of ether oxygens (including phenoxy) is 2. The molecule has 0 radical (unpaired) electrons. The molecule has 0 fully saturated rings. The van der Waals surface area contributed by atoms with E-state index in [1.54, 1.807) is 12.1 Å². The summed E-state index contributed by atoms with van der Waals surface area (Å²) in [6.07, 6.45) is 2.21. The highest BCUT2D eigenvalue weighted by atomic mass is 16.5. The molecule has 144 valence electrons. The zero-order chi connectivity index (χ0) is 19.9. The van der Waals surface area contributed by atoms with Crippen molar-refractivity contribution >= 4 is 23.0 Å². The van der Waals surface area contributed by atoms with Gasteiger partial charge in [0.15, 0.2) is 0 Å². The van der Waals surface area contributed by atoms with E-state index in [4.69, 9.17) is 9.47 Å². The topological polar surface area (TPSA) is 104 Å². The van der Waals surface area contributed by atoms with E-state index in [0.717, 1.165) is 6.08 Å². The van der Waals surface area contributed by atoms with Gasteiger partial charge in [-0.05, 0) is 43.2 Å². The number of unbranched alkanes of at least 4 members (excludes halogenated alkanes) is 1. The lowest BCUT2D eigenvalue weighted by molar-refractivity contribution is -0.137. The predicted octanol–water partition coefficient (Wildman–Crippen LogP) is 2.79. The maximum atomic E-state index is 12.2. The second kappa shape index (κ2) is 8.81. The minimum Gasteiger partial charge on any atom is -0.506 e. The molecule has 0 aliphatic rings. The predicted molar refractivity (Wildman–Crippen MR) is 101 cm³/mol. The fourth-order valence-electron chi connectivity index (χ4n) is 2.46. The number of hydrogen-bond donors (Lipinski definition) is 1. The number of aromatic nitrogens is 3. The smallest absolute Gasteiger partial charge is 0.338 e. The third-order valence-electron chi connectivity index (χ3n) is 3.90. The molecule has 3 rings (SSSR count). The Labute approximate surface area is 161 Å². The Kier molecular flexibility index (Phi) is 6.01. The summed E-state index contributed by atoms with van der Waals surface area (Å²) in [4.78, 5) is 24.4. The Morgan fingerprint density at radius 2 is 1.68 bits per heavy atom. The largest absolute Gasteiger partial charge is 0.506 e. The van der Waals surface area contributed by atoms with Gasteiger partial charge in [-0.3, -0.25) is 0 Å². The van der Waals surface area contributed by atoms with Gasteiger partial charge in [0.05, 0.1) is 18.8 Å². The van der Waals surface area contributed by atoms with Crippen molar-refractivity contribution in [2.45, 2.75) is 12.8 Å². The summed E-state index contributed by atoms with van der Waals surface area (Å²) in [6, 6.07) is 11.6. The van der Waals surface area contributed by atoms with Crippen LogP contribution >= 0.6 is 0 Å². The summed E-state index contributed by atoms with van der Waals surface area (Å²) in [5, 5.41) is 18.7. The molecule has 0 spiro atoms. The third-order valence-corrected chi connectivity index (χ3v) is 3.90. The molecule has 2 aromatic carbocycles. The van der Waals surface area contributed by atoms with Crippen molar-refractivity contribution in [2.24, 2.45) is 0 Å². The van der Waals surface area contributed by atoms with Crippen LogP contribution in [0.5, 0.6) is 5.75 Å². The highest BCUT2D eigenvalue weighted by molar-refractivity contribution is 5.90. The second-order valence-electron chi connectivity index (χ2n) is 5.90. The third kappa shape index (κ3) is 4.53. The number of carbonyl (C=O) groups excluding carboxylic acids is 2. The van der Waals surface area contributed by atoms with Crippen molar-refractivity contribution in [3.05, 3.63) is 60.7 Å². The first-order chi connectivity index (χ1) is 13.6. The lowest BCUT2D eigenvalue weighted by Gasteiger charge is -2.08. The van der Waals surface area contributed by atoms with Crippen LogP contribution in [0.1, 0.15) is 23.2 Å². The Balaban J connectivity index is 1.61. The van der Waals surface area contributed by atoms with Crippen molar-refractivity contribution in [3.63, 3.8) is 0 Å². The van der Waals surface area contributed by atoms with Crippen LogP contribution in [-0.2, 0) is 14.3 Å². The van der Waals surface area contributed by atoms with Gasteiger partial charge in [0.2, 0.25) is 0 Å². The van der Waals surface area contributed by atoms with E-state index in [1.807, 2.05) is 12.1 Å². The lowest BCUT2D eigenvalue weighted by atomic mass is 10.2. The number of hydrogen-bond acceptors (Lipinski definition) is 7. The fourth-order valence-corrected chi connectivity index (χ4v) is 2.46. The summed E-state index contributed by atoms with van der Waals surface area (Å²) in [5.74, 6) is -1.06. The van der Waals surface area contributed by atoms with E-state index in [9.17, 15) is 14.7 Å². The van der Waals surface area contributed by atoms with E-state index < -0.39 is 11.9 Å². The van der Waals surface area contributed by atoms with Gasteiger partial charge in [-0.1, -0.05) is 18.7 Å². The van der Waals surface area contributed by atoms with Crippen molar-refractivity contribution < 1.29 is 24.2 Å². The molecule has 3 aromatic rings. The molecule has 0 aliphatic carbocycles. The Morgan fingerprint density at radius 1 is 1.04 bits per heavy atom. The summed E-state index contributed by atoms with van der Waals surface area (Å²) in [6.45, 7) is 3.73. The summed E-state index contributed by atoms with van der Waals surface area (Å²) in [7, 11) is 0. The zero-order valence-corrected chi connectivity index (χ0v) is 15.1. The van der Waals surface area contributed by atoms with Gasteiger partial charge in [-0.15, -0.1) is 15.0 Å². The standard InChI is InChI=1S/C20H19N3O5/c1-2-19(25)27-11-5-6-12-28-20(26)14-9-10-18(24)17(13-14)23-21-15-7-3-4-8-16(15)22-23/h2-4,7-10,13,24H,1,5-6,11-12H2. The molecule has 8 nitrogen and oxygen atoms in total. The Hall–Kier alpha value is -3.68. The molecule has 0 amide bonds. The minimum atomic E-state index is -0.527. The van der Waals surface area contributed by atoms with Crippen LogP contribution in [0.15, 0.2) is 55.1 Å². The van der Waals surface area contributed by atoms with Gasteiger partial charge < -0.3 is 14.6 Å². The van der Waals surface area contributed by atoms with E-state index >= 15 is 0 Å². The molecule has 8 heteroatoms. The number of phenols is 1. The summed E-state index contributed by atoms with van der Waals surface area (Å²) >= 11 is 0. The van der Waals surface area contributed by atoms with Crippen LogP contribution in [-0.4, -0.2) is 45.3 Å². The number of nitrogens with zero attached hydrogens (tertiary/aromatic N) is 3. The fraction of sp³-hybridized carbons (Fsp3) is 0.200. The number of esters is 2. The number of aromatic hydroxyl groups is 1. The first-order valence-corrected chi connectivity index (χ1v) is 8.70. The number of carbonyl (C=O) groups is 2.